The van der Waals surface area contributed by atoms with Gasteiger partial charge in [-0.05, 0) is 25.5 Å². The van der Waals surface area contributed by atoms with E-state index in [1.54, 1.807) is 0 Å². The summed E-state index contributed by atoms with van der Waals surface area (Å²) in [7, 11) is 0. The third-order valence-electron chi connectivity index (χ3n) is 4.35. The highest BCUT2D eigenvalue weighted by Crippen LogP contribution is 2.21. The van der Waals surface area contributed by atoms with Crippen LogP contribution >= 0.6 is 0 Å². The number of carbonyl (C=O) groups excluding carboxylic acids is 1. The van der Waals surface area contributed by atoms with Gasteiger partial charge in [0.1, 0.15) is 0 Å². The van der Waals surface area contributed by atoms with Crippen molar-refractivity contribution in [3.05, 3.63) is 71.3 Å². The summed E-state index contributed by atoms with van der Waals surface area (Å²) in [4.78, 5) is 12.6. The van der Waals surface area contributed by atoms with E-state index >= 15 is 0 Å². The fourth-order valence-corrected chi connectivity index (χ4v) is 2.95. The minimum absolute atomic E-state index is 0.0826. The summed E-state index contributed by atoms with van der Waals surface area (Å²) in [5, 5.41) is 3.60. The van der Waals surface area contributed by atoms with Crippen molar-refractivity contribution >= 4 is 5.78 Å². The number of nitrogens with one attached hydrogen (secondary N) is 1. The Kier molecular flexibility index (Phi) is 7.70. The standard InChI is InChI=1S/C22H29NO/c1-3-4-5-9-15-23-21(20-14-10-11-18(2)16-20)17-22(24)19-12-7-6-8-13-19/h6-8,10-14,16,21,23H,3-5,9,15,17H2,1-2H3. The first-order valence-electron chi connectivity index (χ1n) is 9.09. The third kappa shape index (κ3) is 5.93. The molecule has 0 aromatic heterocycles. The summed E-state index contributed by atoms with van der Waals surface area (Å²) >= 11 is 0. The SMILES string of the molecule is CCCCCCNC(CC(=O)c1ccccc1)c1cccc(C)c1. The third-order valence-corrected chi connectivity index (χ3v) is 4.35. The van der Waals surface area contributed by atoms with Crippen LogP contribution in [0.15, 0.2) is 54.6 Å². The maximum Gasteiger partial charge on any atom is 0.164 e. The zero-order valence-corrected chi connectivity index (χ0v) is 14.9. The minimum Gasteiger partial charge on any atom is -0.310 e. The number of carbonyl (C=O) groups is 1. The molecule has 2 rings (SSSR count). The molecule has 0 heterocycles. The Labute approximate surface area is 146 Å². The number of benzene rings is 2. The highest BCUT2D eigenvalue weighted by molar-refractivity contribution is 5.96. The summed E-state index contributed by atoms with van der Waals surface area (Å²) in [5.74, 6) is 0.197. The van der Waals surface area contributed by atoms with Gasteiger partial charge in [0, 0.05) is 18.0 Å². The van der Waals surface area contributed by atoms with Gasteiger partial charge < -0.3 is 5.32 Å². The van der Waals surface area contributed by atoms with Crippen LogP contribution in [0, 0.1) is 6.92 Å². The lowest BCUT2D eigenvalue weighted by Crippen LogP contribution is -2.25. The molecule has 0 radical (unpaired) electrons. The molecule has 1 unspecified atom stereocenters. The molecule has 24 heavy (non-hydrogen) atoms. The van der Waals surface area contributed by atoms with E-state index in [1.807, 2.05) is 30.3 Å². The van der Waals surface area contributed by atoms with Gasteiger partial charge in [-0.15, -0.1) is 0 Å². The van der Waals surface area contributed by atoms with Crippen LogP contribution in [0.2, 0.25) is 0 Å². The summed E-state index contributed by atoms with van der Waals surface area (Å²) in [6.07, 6.45) is 5.43. The molecule has 0 saturated heterocycles. The predicted molar refractivity (Wildman–Crippen MR) is 101 cm³/mol. The van der Waals surface area contributed by atoms with Gasteiger partial charge in [-0.25, -0.2) is 0 Å². The lowest BCUT2D eigenvalue weighted by atomic mass is 9.96. The number of hydrogen-bond acceptors (Lipinski definition) is 2. The first kappa shape index (κ1) is 18.4. The second-order valence-electron chi connectivity index (χ2n) is 6.47. The number of unbranched alkanes of at least 4 members (excludes halogenated alkanes) is 3. The van der Waals surface area contributed by atoms with E-state index in [9.17, 15) is 4.79 Å². The van der Waals surface area contributed by atoms with Crippen molar-refractivity contribution in [1.29, 1.82) is 0 Å². The van der Waals surface area contributed by atoms with Gasteiger partial charge >= 0.3 is 0 Å². The monoisotopic (exact) mass is 323 g/mol. The maximum atomic E-state index is 12.6. The van der Waals surface area contributed by atoms with Crippen LogP contribution < -0.4 is 5.32 Å². The van der Waals surface area contributed by atoms with Crippen molar-refractivity contribution in [2.45, 2.75) is 52.0 Å². The maximum absolute atomic E-state index is 12.6. The van der Waals surface area contributed by atoms with E-state index in [0.717, 1.165) is 18.5 Å². The van der Waals surface area contributed by atoms with Crippen LogP contribution in [0.5, 0.6) is 0 Å². The smallest absolute Gasteiger partial charge is 0.164 e. The first-order valence-corrected chi connectivity index (χ1v) is 9.09. The number of ketones is 1. The Balaban J connectivity index is 2.03. The molecule has 128 valence electrons. The van der Waals surface area contributed by atoms with E-state index in [2.05, 4.69) is 43.4 Å². The zero-order valence-electron chi connectivity index (χ0n) is 14.9. The molecule has 0 aliphatic rings. The fraction of sp³-hybridized carbons (Fsp3) is 0.409. The minimum atomic E-state index is 0.0826. The number of rotatable bonds is 10. The average molecular weight is 323 g/mol. The summed E-state index contributed by atoms with van der Waals surface area (Å²) in [6.45, 7) is 5.28. The molecule has 0 saturated carbocycles. The lowest BCUT2D eigenvalue weighted by Gasteiger charge is -2.19. The highest BCUT2D eigenvalue weighted by Gasteiger charge is 2.16. The molecule has 0 aliphatic heterocycles. The van der Waals surface area contributed by atoms with Gasteiger partial charge in [-0.2, -0.15) is 0 Å². The van der Waals surface area contributed by atoms with Gasteiger partial charge in [0.05, 0.1) is 0 Å². The van der Waals surface area contributed by atoms with E-state index in [-0.39, 0.29) is 11.8 Å². The van der Waals surface area contributed by atoms with E-state index in [4.69, 9.17) is 0 Å². The Morgan fingerprint density at radius 2 is 1.79 bits per heavy atom. The topological polar surface area (TPSA) is 29.1 Å². The molecule has 2 heteroatoms. The summed E-state index contributed by atoms with van der Waals surface area (Å²) in [6, 6.07) is 18.1. The molecule has 0 spiro atoms. The molecule has 2 nitrogen and oxygen atoms in total. The van der Waals surface area contributed by atoms with Crippen molar-refractivity contribution in [1.82, 2.24) is 5.32 Å². The van der Waals surface area contributed by atoms with Crippen molar-refractivity contribution in [3.8, 4) is 0 Å². The average Bonchev–Trinajstić information content (AvgIpc) is 2.61. The van der Waals surface area contributed by atoms with Gasteiger partial charge in [0.25, 0.3) is 0 Å². The Morgan fingerprint density at radius 1 is 1.00 bits per heavy atom. The molecule has 0 bridgehead atoms. The molecular weight excluding hydrogens is 294 g/mol. The molecule has 2 aromatic carbocycles. The zero-order chi connectivity index (χ0) is 17.2. The van der Waals surface area contributed by atoms with Crippen LogP contribution in [-0.4, -0.2) is 12.3 Å². The quantitative estimate of drug-likeness (QED) is 0.463. The second-order valence-corrected chi connectivity index (χ2v) is 6.47. The number of hydrogen-bond donors (Lipinski definition) is 1. The Bertz CT molecular complexity index is 621. The van der Waals surface area contributed by atoms with Gasteiger partial charge in [0.15, 0.2) is 5.78 Å². The van der Waals surface area contributed by atoms with Crippen molar-refractivity contribution < 1.29 is 4.79 Å². The van der Waals surface area contributed by atoms with Crippen LogP contribution in [0.4, 0.5) is 0 Å². The van der Waals surface area contributed by atoms with Crippen molar-refractivity contribution in [2.75, 3.05) is 6.54 Å². The van der Waals surface area contributed by atoms with Crippen molar-refractivity contribution in [3.63, 3.8) is 0 Å². The Hall–Kier alpha value is -1.93. The van der Waals surface area contributed by atoms with Gasteiger partial charge in [-0.1, -0.05) is 86.3 Å². The molecule has 1 N–H and O–H groups in total. The molecular formula is C22H29NO. The number of aryl methyl sites for hydroxylation is 1. The van der Waals surface area contributed by atoms with Gasteiger partial charge in [0.2, 0.25) is 0 Å². The number of Topliss-reactive ketones (excluding diaryl/α,β-unsaturated/α-hetero) is 1. The predicted octanol–water partition coefficient (Wildman–Crippen LogP) is 5.48. The molecule has 0 fully saturated rings. The fourth-order valence-electron chi connectivity index (χ4n) is 2.95. The lowest BCUT2D eigenvalue weighted by molar-refractivity contribution is 0.0968. The van der Waals surface area contributed by atoms with E-state index in [0.29, 0.717) is 6.42 Å². The van der Waals surface area contributed by atoms with Crippen molar-refractivity contribution in [2.24, 2.45) is 0 Å². The van der Waals surface area contributed by atoms with Crippen LogP contribution in [-0.2, 0) is 0 Å². The van der Waals surface area contributed by atoms with E-state index < -0.39 is 0 Å². The largest absolute Gasteiger partial charge is 0.310 e. The highest BCUT2D eigenvalue weighted by atomic mass is 16.1. The summed E-state index contributed by atoms with van der Waals surface area (Å²) < 4.78 is 0. The Morgan fingerprint density at radius 3 is 2.50 bits per heavy atom. The van der Waals surface area contributed by atoms with E-state index in [1.165, 1.54) is 30.4 Å². The van der Waals surface area contributed by atoms with Gasteiger partial charge in [-0.3, -0.25) is 4.79 Å². The summed E-state index contributed by atoms with van der Waals surface area (Å²) in [5.41, 5.74) is 3.23. The molecule has 0 amide bonds. The first-order chi connectivity index (χ1) is 11.7. The van der Waals surface area contributed by atoms with Crippen LogP contribution in [0.3, 0.4) is 0 Å². The van der Waals surface area contributed by atoms with Crippen LogP contribution in [0.25, 0.3) is 0 Å². The van der Waals surface area contributed by atoms with Crippen LogP contribution in [0.1, 0.15) is 66.6 Å². The molecule has 2 aromatic rings. The second kappa shape index (κ2) is 10.0. The molecule has 1 atom stereocenters. The molecule has 0 aliphatic carbocycles. The normalized spacial score (nSPS) is 12.1.